The molecule has 0 saturated heterocycles. The van der Waals surface area contributed by atoms with Gasteiger partial charge in [0.1, 0.15) is 0 Å². The van der Waals surface area contributed by atoms with Crippen LogP contribution in [0.2, 0.25) is 0 Å². The maximum atomic E-state index is 10.9. The molecule has 0 aliphatic rings. The summed E-state index contributed by atoms with van der Waals surface area (Å²) in [6, 6.07) is 0. The molecule has 0 radical (unpaired) electrons. The van der Waals surface area contributed by atoms with E-state index in [0.717, 1.165) is 26.4 Å². The average molecular weight is 296 g/mol. The van der Waals surface area contributed by atoms with E-state index in [1.165, 1.54) is 44.9 Å². The highest BCUT2D eigenvalue weighted by atomic mass is 32.3. The van der Waals surface area contributed by atoms with Crippen LogP contribution in [0.5, 0.6) is 0 Å². The van der Waals surface area contributed by atoms with Crippen molar-refractivity contribution in [2.45, 2.75) is 71.1 Å². The molecule has 0 aliphatic carbocycles. The monoisotopic (exact) mass is 296 g/mol. The van der Waals surface area contributed by atoms with Crippen molar-refractivity contribution >= 4 is 10.4 Å². The molecular formula is C13H28O5S. The molecule has 19 heavy (non-hydrogen) atoms. The van der Waals surface area contributed by atoms with Crippen molar-refractivity contribution in [2.24, 2.45) is 0 Å². The molecular weight excluding hydrogens is 268 g/mol. The first-order valence-electron chi connectivity index (χ1n) is 7.24. The highest BCUT2D eigenvalue weighted by molar-refractivity contribution is 7.81. The summed E-state index contributed by atoms with van der Waals surface area (Å²) in [6.07, 6.45) is 12.0. The lowest BCUT2D eigenvalue weighted by atomic mass is 10.1. The van der Waals surface area contributed by atoms with Crippen molar-refractivity contribution in [3.05, 3.63) is 0 Å². The van der Waals surface area contributed by atoms with Crippen molar-refractivity contribution in [1.29, 1.82) is 0 Å². The van der Waals surface area contributed by atoms with Gasteiger partial charge in [0.25, 0.3) is 0 Å². The molecule has 0 saturated carbocycles. The summed E-state index contributed by atoms with van der Waals surface area (Å²) >= 11 is 0. The lowest BCUT2D eigenvalue weighted by molar-refractivity contribution is -0.181. The van der Waals surface area contributed by atoms with Gasteiger partial charge in [0.15, 0.2) is 0 Å². The zero-order valence-electron chi connectivity index (χ0n) is 12.2. The van der Waals surface area contributed by atoms with Crippen LogP contribution in [0.3, 0.4) is 0 Å². The van der Waals surface area contributed by atoms with Gasteiger partial charge in [0.2, 0.25) is 0 Å². The second-order valence-electron chi connectivity index (χ2n) is 4.65. The van der Waals surface area contributed by atoms with E-state index in [4.69, 9.17) is 0 Å². The van der Waals surface area contributed by atoms with Crippen LogP contribution in [-0.4, -0.2) is 22.1 Å². The average Bonchev–Trinajstić information content (AvgIpc) is 2.36. The Bertz CT molecular complexity index is 277. The van der Waals surface area contributed by atoms with Gasteiger partial charge in [0, 0.05) is 0 Å². The van der Waals surface area contributed by atoms with Gasteiger partial charge in [-0.1, -0.05) is 69.0 Å². The van der Waals surface area contributed by atoms with Gasteiger partial charge in [0.05, 0.1) is 13.7 Å². The lowest BCUT2D eigenvalue weighted by Crippen LogP contribution is -2.10. The lowest BCUT2D eigenvalue weighted by Gasteiger charge is -2.03. The van der Waals surface area contributed by atoms with Gasteiger partial charge in [-0.3, -0.25) is 0 Å². The van der Waals surface area contributed by atoms with Crippen LogP contribution in [0.25, 0.3) is 0 Å². The van der Waals surface area contributed by atoms with E-state index in [-0.39, 0.29) is 6.61 Å². The Hall–Kier alpha value is -0.170. The van der Waals surface area contributed by atoms with Crippen LogP contribution in [0.15, 0.2) is 0 Å². The minimum Gasteiger partial charge on any atom is -0.246 e. The minimum atomic E-state index is -3.96. The molecule has 0 fully saturated rings. The largest absolute Gasteiger partial charge is 0.426 e. The molecule has 0 atom stereocenters. The van der Waals surface area contributed by atoms with Gasteiger partial charge in [-0.05, 0) is 6.42 Å². The molecule has 0 aromatic carbocycles. The zero-order valence-corrected chi connectivity index (χ0v) is 13.0. The van der Waals surface area contributed by atoms with Crippen LogP contribution in [-0.2, 0) is 23.8 Å². The maximum absolute atomic E-state index is 10.9. The normalized spacial score (nSPS) is 11.9. The second kappa shape index (κ2) is 12.8. The molecule has 5 nitrogen and oxygen atoms in total. The highest BCUT2D eigenvalue weighted by Crippen LogP contribution is 2.10. The summed E-state index contributed by atoms with van der Waals surface area (Å²) < 4.78 is 30.4. The molecule has 116 valence electrons. The standard InChI is InChI=1S/C13H28O5S/c1-3-4-5-6-7-8-9-10-11-12-13-17-19(14,15)18-16-2/h3-13H2,1-2H3. The van der Waals surface area contributed by atoms with E-state index < -0.39 is 10.4 Å². The van der Waals surface area contributed by atoms with E-state index in [2.05, 4.69) is 20.3 Å². The molecule has 0 aliphatic heterocycles. The Labute approximate surface area is 117 Å². The Balaban J connectivity index is 3.19. The van der Waals surface area contributed by atoms with E-state index in [1.54, 1.807) is 0 Å². The number of hydrogen-bond donors (Lipinski definition) is 0. The van der Waals surface area contributed by atoms with Gasteiger partial charge in [-0.15, -0.1) is 0 Å². The number of hydrogen-bond acceptors (Lipinski definition) is 5. The Morgan fingerprint density at radius 3 is 1.74 bits per heavy atom. The number of rotatable bonds is 14. The van der Waals surface area contributed by atoms with Crippen LogP contribution >= 0.6 is 0 Å². The fourth-order valence-electron chi connectivity index (χ4n) is 1.85. The molecule has 0 heterocycles. The first-order chi connectivity index (χ1) is 9.12. The third-order valence-corrected chi connectivity index (χ3v) is 3.64. The minimum absolute atomic E-state index is 0.155. The summed E-state index contributed by atoms with van der Waals surface area (Å²) in [6.45, 7) is 2.38. The first kappa shape index (κ1) is 18.8. The molecule has 0 N–H and O–H groups in total. The van der Waals surface area contributed by atoms with Gasteiger partial charge < -0.3 is 0 Å². The van der Waals surface area contributed by atoms with Gasteiger partial charge in [-0.25, -0.2) is 9.07 Å². The molecule has 0 amide bonds. The van der Waals surface area contributed by atoms with E-state index >= 15 is 0 Å². The molecule has 0 aromatic heterocycles. The van der Waals surface area contributed by atoms with Crippen molar-refractivity contribution in [1.82, 2.24) is 0 Å². The maximum Gasteiger partial charge on any atom is 0.426 e. The molecule has 0 rings (SSSR count). The Morgan fingerprint density at radius 1 is 0.789 bits per heavy atom. The summed E-state index contributed by atoms with van der Waals surface area (Å²) in [5.41, 5.74) is 0. The van der Waals surface area contributed by atoms with Crippen LogP contribution in [0, 0.1) is 0 Å². The van der Waals surface area contributed by atoms with E-state index in [9.17, 15) is 8.42 Å². The fraction of sp³-hybridized carbons (Fsp3) is 1.00. The van der Waals surface area contributed by atoms with Crippen molar-refractivity contribution < 1.29 is 21.8 Å². The summed E-state index contributed by atoms with van der Waals surface area (Å²) in [4.78, 5) is 4.04. The summed E-state index contributed by atoms with van der Waals surface area (Å²) in [7, 11) is -2.84. The molecule has 6 heteroatoms. The first-order valence-corrected chi connectivity index (χ1v) is 8.57. The SMILES string of the molecule is CCCCCCCCCCCCOS(=O)(=O)OOC. The Morgan fingerprint density at radius 2 is 1.26 bits per heavy atom. The molecule has 0 aromatic rings. The van der Waals surface area contributed by atoms with Crippen molar-refractivity contribution in [3.8, 4) is 0 Å². The molecule has 0 unspecified atom stereocenters. The highest BCUT2D eigenvalue weighted by Gasteiger charge is 2.11. The summed E-state index contributed by atoms with van der Waals surface area (Å²) in [5, 5.41) is 0. The fourth-order valence-corrected chi connectivity index (χ4v) is 2.38. The second-order valence-corrected chi connectivity index (χ2v) is 5.84. The molecule has 0 spiro atoms. The smallest absolute Gasteiger partial charge is 0.246 e. The van der Waals surface area contributed by atoms with Crippen LogP contribution < -0.4 is 0 Å². The molecule has 0 bridgehead atoms. The number of unbranched alkanes of at least 4 members (excludes halogenated alkanes) is 9. The topological polar surface area (TPSA) is 61.8 Å². The predicted molar refractivity (Wildman–Crippen MR) is 74.8 cm³/mol. The quantitative estimate of drug-likeness (QED) is 0.277. The van der Waals surface area contributed by atoms with Crippen LogP contribution in [0.4, 0.5) is 0 Å². The van der Waals surface area contributed by atoms with Crippen LogP contribution in [0.1, 0.15) is 71.1 Å². The predicted octanol–water partition coefficient (Wildman–Crippen LogP) is 3.75. The summed E-state index contributed by atoms with van der Waals surface area (Å²) in [5.74, 6) is 0. The Kier molecular flexibility index (Phi) is 12.7. The zero-order chi connectivity index (χ0) is 14.4. The van der Waals surface area contributed by atoms with E-state index in [0.29, 0.717) is 0 Å². The van der Waals surface area contributed by atoms with E-state index in [1.807, 2.05) is 0 Å². The van der Waals surface area contributed by atoms with Crippen molar-refractivity contribution in [3.63, 3.8) is 0 Å². The third kappa shape index (κ3) is 14.1. The van der Waals surface area contributed by atoms with Crippen molar-refractivity contribution in [2.75, 3.05) is 13.7 Å². The van der Waals surface area contributed by atoms with Gasteiger partial charge in [-0.2, -0.15) is 8.42 Å². The van der Waals surface area contributed by atoms with Gasteiger partial charge >= 0.3 is 10.4 Å². The third-order valence-electron chi connectivity index (χ3n) is 2.88.